The quantitative estimate of drug-likeness (QED) is 0.789. The van der Waals surface area contributed by atoms with Crippen molar-refractivity contribution in [2.75, 3.05) is 26.8 Å². The van der Waals surface area contributed by atoms with E-state index in [2.05, 4.69) is 20.6 Å². The zero-order chi connectivity index (χ0) is 19.9. The Labute approximate surface area is 161 Å². The molecular weight excluding hydrogens is 366 g/mol. The van der Waals surface area contributed by atoms with E-state index in [1.807, 2.05) is 0 Å². The van der Waals surface area contributed by atoms with Crippen LogP contribution in [-0.2, 0) is 14.9 Å². The lowest BCUT2D eigenvalue weighted by atomic mass is 9.80. The van der Waals surface area contributed by atoms with Gasteiger partial charge in [0.15, 0.2) is 11.5 Å². The summed E-state index contributed by atoms with van der Waals surface area (Å²) in [5, 5.41) is 10.7. The second-order valence-corrected chi connectivity index (χ2v) is 7.64. The van der Waals surface area contributed by atoms with E-state index in [1.54, 1.807) is 24.8 Å². The van der Waals surface area contributed by atoms with Gasteiger partial charge in [-0.05, 0) is 32.6 Å². The molecular formula is C18H23N5O5. The maximum Gasteiger partial charge on any atom is 0.273 e. The molecule has 1 aliphatic carbocycles. The standard InChI is InChI=1S/C18H23N5O5/c1-10-4-14(22-27-10)16(25)20-13-5-12-7-23(15(24)8-26-3)9-18(12,6-13)17-19-11(2)21-28-17/h4,12-13H,5-9H2,1-3H3,(H,20,25)/t12-,13+,18-/m0/s1. The highest BCUT2D eigenvalue weighted by Crippen LogP contribution is 2.50. The van der Waals surface area contributed by atoms with Gasteiger partial charge in [0.05, 0.1) is 5.41 Å². The van der Waals surface area contributed by atoms with Crippen molar-refractivity contribution in [2.45, 2.75) is 38.1 Å². The van der Waals surface area contributed by atoms with Crippen LogP contribution in [0, 0.1) is 19.8 Å². The second-order valence-electron chi connectivity index (χ2n) is 7.64. The lowest BCUT2D eigenvalue weighted by Gasteiger charge is -2.25. The number of ether oxygens (including phenoxy) is 1. The van der Waals surface area contributed by atoms with Crippen LogP contribution in [0.4, 0.5) is 0 Å². The number of aryl methyl sites for hydroxylation is 2. The van der Waals surface area contributed by atoms with E-state index in [0.29, 0.717) is 43.4 Å². The zero-order valence-corrected chi connectivity index (χ0v) is 16.1. The lowest BCUT2D eigenvalue weighted by molar-refractivity contribution is -0.134. The number of aromatic nitrogens is 3. The van der Waals surface area contributed by atoms with Crippen LogP contribution in [0.2, 0.25) is 0 Å². The average molecular weight is 389 g/mol. The zero-order valence-electron chi connectivity index (χ0n) is 16.1. The van der Waals surface area contributed by atoms with Crippen LogP contribution in [0.1, 0.15) is 40.8 Å². The third kappa shape index (κ3) is 3.17. The van der Waals surface area contributed by atoms with Gasteiger partial charge in [-0.25, -0.2) is 0 Å². The summed E-state index contributed by atoms with van der Waals surface area (Å²) in [6.07, 6.45) is 1.32. The summed E-state index contributed by atoms with van der Waals surface area (Å²) in [7, 11) is 1.50. The summed E-state index contributed by atoms with van der Waals surface area (Å²) in [5.74, 6) is 1.43. The smallest absolute Gasteiger partial charge is 0.273 e. The van der Waals surface area contributed by atoms with Crippen molar-refractivity contribution in [1.82, 2.24) is 25.5 Å². The Morgan fingerprint density at radius 1 is 1.36 bits per heavy atom. The van der Waals surface area contributed by atoms with Crippen LogP contribution in [0.3, 0.4) is 0 Å². The van der Waals surface area contributed by atoms with Gasteiger partial charge in [-0.15, -0.1) is 0 Å². The third-order valence-corrected chi connectivity index (χ3v) is 5.64. The monoisotopic (exact) mass is 389 g/mol. The van der Waals surface area contributed by atoms with Gasteiger partial charge in [0.25, 0.3) is 5.91 Å². The Hall–Kier alpha value is -2.75. The minimum atomic E-state index is -0.470. The van der Waals surface area contributed by atoms with Crippen LogP contribution in [0.15, 0.2) is 15.1 Å². The number of carbonyl (C=O) groups excluding carboxylic acids is 2. The number of rotatable bonds is 5. The Bertz CT molecular complexity index is 893. The Morgan fingerprint density at radius 2 is 2.18 bits per heavy atom. The van der Waals surface area contributed by atoms with E-state index < -0.39 is 5.41 Å². The number of likely N-dealkylation sites (tertiary alicyclic amines) is 1. The maximum absolute atomic E-state index is 12.5. The first kappa shape index (κ1) is 18.6. The molecule has 3 heterocycles. The minimum Gasteiger partial charge on any atom is -0.375 e. The normalized spacial score (nSPS) is 26.5. The van der Waals surface area contributed by atoms with Gasteiger partial charge in [0.1, 0.15) is 12.4 Å². The van der Waals surface area contributed by atoms with Crippen molar-refractivity contribution >= 4 is 11.8 Å². The van der Waals surface area contributed by atoms with Crippen LogP contribution < -0.4 is 5.32 Å². The van der Waals surface area contributed by atoms with Crippen molar-refractivity contribution < 1.29 is 23.4 Å². The van der Waals surface area contributed by atoms with Crippen molar-refractivity contribution in [2.24, 2.45) is 5.92 Å². The molecule has 2 amide bonds. The van der Waals surface area contributed by atoms with E-state index >= 15 is 0 Å². The molecule has 2 aromatic rings. The Morgan fingerprint density at radius 3 is 2.82 bits per heavy atom. The summed E-state index contributed by atoms with van der Waals surface area (Å²) >= 11 is 0. The van der Waals surface area contributed by atoms with Gasteiger partial charge >= 0.3 is 0 Å². The Balaban J connectivity index is 1.54. The van der Waals surface area contributed by atoms with Gasteiger partial charge in [-0.2, -0.15) is 4.98 Å². The molecule has 3 atom stereocenters. The van der Waals surface area contributed by atoms with Crippen LogP contribution >= 0.6 is 0 Å². The molecule has 10 nitrogen and oxygen atoms in total. The molecule has 28 heavy (non-hydrogen) atoms. The molecule has 1 N–H and O–H groups in total. The molecule has 10 heteroatoms. The average Bonchev–Trinajstić information content (AvgIpc) is 3.38. The molecule has 1 aliphatic heterocycles. The molecule has 0 aromatic carbocycles. The maximum atomic E-state index is 12.5. The SMILES string of the molecule is COCC(=O)N1C[C@@H]2C[C@@H](NC(=O)c3cc(C)on3)C[C@]2(c2nc(C)no2)C1. The highest BCUT2D eigenvalue weighted by molar-refractivity contribution is 5.92. The predicted molar refractivity (Wildman–Crippen MR) is 94.4 cm³/mol. The number of nitrogens with one attached hydrogen (secondary N) is 1. The molecule has 1 saturated carbocycles. The van der Waals surface area contributed by atoms with Crippen molar-refractivity contribution in [3.05, 3.63) is 29.2 Å². The fourth-order valence-electron chi connectivity index (χ4n) is 4.45. The Kier molecular flexibility index (Phi) is 4.66. The summed E-state index contributed by atoms with van der Waals surface area (Å²) < 4.78 is 15.5. The van der Waals surface area contributed by atoms with E-state index in [-0.39, 0.29) is 36.1 Å². The van der Waals surface area contributed by atoms with E-state index in [0.717, 1.165) is 0 Å². The van der Waals surface area contributed by atoms with Crippen molar-refractivity contribution in [3.63, 3.8) is 0 Å². The molecule has 2 aliphatic rings. The van der Waals surface area contributed by atoms with Crippen LogP contribution in [0.5, 0.6) is 0 Å². The van der Waals surface area contributed by atoms with Crippen molar-refractivity contribution in [1.29, 1.82) is 0 Å². The molecule has 1 saturated heterocycles. The number of hydrogen-bond donors (Lipinski definition) is 1. The second kappa shape index (κ2) is 7.01. The molecule has 0 unspecified atom stereocenters. The van der Waals surface area contributed by atoms with E-state index in [1.165, 1.54) is 7.11 Å². The summed E-state index contributed by atoms with van der Waals surface area (Å²) in [5.41, 5.74) is -0.211. The number of hydrogen-bond acceptors (Lipinski definition) is 8. The van der Waals surface area contributed by atoms with Gasteiger partial charge < -0.3 is 24.0 Å². The summed E-state index contributed by atoms with van der Waals surface area (Å²) in [4.78, 5) is 31.1. The topological polar surface area (TPSA) is 124 Å². The fourth-order valence-corrected chi connectivity index (χ4v) is 4.45. The molecule has 2 fully saturated rings. The molecule has 0 bridgehead atoms. The predicted octanol–water partition coefficient (Wildman–Crippen LogP) is 0.609. The molecule has 4 rings (SSSR count). The first-order valence-electron chi connectivity index (χ1n) is 9.23. The van der Waals surface area contributed by atoms with Gasteiger partial charge in [0.2, 0.25) is 11.8 Å². The third-order valence-electron chi connectivity index (χ3n) is 5.64. The van der Waals surface area contributed by atoms with Gasteiger partial charge in [-0.1, -0.05) is 10.3 Å². The number of fused-ring (bicyclic) bond motifs is 1. The van der Waals surface area contributed by atoms with Crippen LogP contribution in [-0.4, -0.2) is 64.9 Å². The first-order valence-corrected chi connectivity index (χ1v) is 9.23. The van der Waals surface area contributed by atoms with Gasteiger partial charge in [0, 0.05) is 32.3 Å². The minimum absolute atomic E-state index is 0.0390. The highest BCUT2D eigenvalue weighted by atomic mass is 16.5. The molecule has 0 spiro atoms. The summed E-state index contributed by atoms with van der Waals surface area (Å²) in [6, 6.07) is 1.52. The molecule has 2 aromatic heterocycles. The fraction of sp³-hybridized carbons (Fsp3) is 0.611. The number of carbonyl (C=O) groups is 2. The molecule has 0 radical (unpaired) electrons. The first-order chi connectivity index (χ1) is 13.4. The van der Waals surface area contributed by atoms with Gasteiger partial charge in [-0.3, -0.25) is 9.59 Å². The molecule has 150 valence electrons. The highest BCUT2D eigenvalue weighted by Gasteiger charge is 2.58. The number of methoxy groups -OCH3 is 1. The lowest BCUT2D eigenvalue weighted by Crippen LogP contribution is -2.40. The van der Waals surface area contributed by atoms with Crippen molar-refractivity contribution in [3.8, 4) is 0 Å². The van der Waals surface area contributed by atoms with Crippen LogP contribution in [0.25, 0.3) is 0 Å². The van der Waals surface area contributed by atoms with E-state index in [9.17, 15) is 9.59 Å². The van der Waals surface area contributed by atoms with E-state index in [4.69, 9.17) is 13.8 Å². The largest absolute Gasteiger partial charge is 0.375 e. The summed E-state index contributed by atoms with van der Waals surface area (Å²) in [6.45, 7) is 4.58. The number of nitrogens with zero attached hydrogens (tertiary/aromatic N) is 4. The number of amides is 2.